The fourth-order valence-electron chi connectivity index (χ4n) is 1.53. The molecule has 6 heteroatoms. The molecule has 1 N–H and O–H groups in total. The highest BCUT2D eigenvalue weighted by Crippen LogP contribution is 2.21. The molecule has 4 nitrogen and oxygen atoms in total. The first-order chi connectivity index (χ1) is 8.92. The second-order valence-electron chi connectivity index (χ2n) is 4.12. The van der Waals surface area contributed by atoms with Crippen molar-refractivity contribution in [3.05, 3.63) is 29.3 Å². The zero-order chi connectivity index (χ0) is 14.6. The third-order valence-electron chi connectivity index (χ3n) is 2.80. The molecule has 0 saturated heterocycles. The zero-order valence-electron chi connectivity index (χ0n) is 11.0. The Labute approximate surface area is 110 Å². The van der Waals surface area contributed by atoms with Crippen molar-refractivity contribution in [3.63, 3.8) is 0 Å². The number of carbonyl (C=O) groups excluding carboxylic acids is 1. The Balaban J connectivity index is 2.93. The minimum absolute atomic E-state index is 0.137. The van der Waals surface area contributed by atoms with E-state index < -0.39 is 17.7 Å². The molecule has 0 spiro atoms. The van der Waals surface area contributed by atoms with Crippen LogP contribution in [0.15, 0.2) is 12.1 Å². The Kier molecular flexibility index (Phi) is 4.81. The topological polar surface area (TPSA) is 56.1 Å². The minimum Gasteiger partial charge on any atom is -0.371 e. The molecule has 0 aromatic heterocycles. The molecular formula is C13H15F2N3O. The summed E-state index contributed by atoms with van der Waals surface area (Å²) in [6.07, 6.45) is 0. The Morgan fingerprint density at radius 2 is 2.11 bits per heavy atom. The van der Waals surface area contributed by atoms with Crippen molar-refractivity contribution in [2.24, 2.45) is 0 Å². The second kappa shape index (κ2) is 6.14. The molecule has 0 aliphatic rings. The lowest BCUT2D eigenvalue weighted by Gasteiger charge is -2.21. The SMILES string of the molecule is CCN(C)C(=O)C(C)Nc1ccc(C#N)c(F)c1F. The van der Waals surface area contributed by atoms with Gasteiger partial charge in [-0.3, -0.25) is 4.79 Å². The monoisotopic (exact) mass is 267 g/mol. The zero-order valence-corrected chi connectivity index (χ0v) is 11.0. The number of hydrogen-bond acceptors (Lipinski definition) is 3. The van der Waals surface area contributed by atoms with E-state index in [1.165, 1.54) is 17.0 Å². The van der Waals surface area contributed by atoms with Crippen LogP contribution in [-0.4, -0.2) is 30.4 Å². The largest absolute Gasteiger partial charge is 0.371 e. The van der Waals surface area contributed by atoms with E-state index in [1.807, 2.05) is 6.92 Å². The van der Waals surface area contributed by atoms with Crippen LogP contribution in [0.5, 0.6) is 0 Å². The fourth-order valence-corrected chi connectivity index (χ4v) is 1.53. The van der Waals surface area contributed by atoms with Crippen LogP contribution in [0, 0.1) is 23.0 Å². The van der Waals surface area contributed by atoms with Crippen LogP contribution >= 0.6 is 0 Å². The smallest absolute Gasteiger partial charge is 0.244 e. The van der Waals surface area contributed by atoms with Crippen LogP contribution in [0.3, 0.4) is 0 Å². The molecule has 1 rings (SSSR count). The third-order valence-corrected chi connectivity index (χ3v) is 2.80. The van der Waals surface area contributed by atoms with Crippen molar-refractivity contribution in [2.75, 3.05) is 18.9 Å². The molecule has 0 bridgehead atoms. The first-order valence-corrected chi connectivity index (χ1v) is 5.82. The molecule has 1 aromatic rings. The average Bonchev–Trinajstić information content (AvgIpc) is 2.42. The van der Waals surface area contributed by atoms with Gasteiger partial charge < -0.3 is 10.2 Å². The maximum Gasteiger partial charge on any atom is 0.244 e. The quantitative estimate of drug-likeness (QED) is 0.909. The first kappa shape index (κ1) is 14.9. The normalized spacial score (nSPS) is 11.6. The van der Waals surface area contributed by atoms with E-state index in [0.29, 0.717) is 6.54 Å². The highest BCUT2D eigenvalue weighted by atomic mass is 19.2. The molecule has 1 aromatic carbocycles. The highest BCUT2D eigenvalue weighted by Gasteiger charge is 2.19. The molecule has 1 atom stereocenters. The predicted molar refractivity (Wildman–Crippen MR) is 67.5 cm³/mol. The summed E-state index contributed by atoms with van der Waals surface area (Å²) >= 11 is 0. The van der Waals surface area contributed by atoms with Crippen LogP contribution in [0.2, 0.25) is 0 Å². The number of rotatable bonds is 4. The van der Waals surface area contributed by atoms with Crippen LogP contribution in [-0.2, 0) is 4.79 Å². The lowest BCUT2D eigenvalue weighted by molar-refractivity contribution is -0.130. The number of amides is 1. The minimum atomic E-state index is -1.21. The van der Waals surface area contributed by atoms with Crippen molar-refractivity contribution < 1.29 is 13.6 Å². The summed E-state index contributed by atoms with van der Waals surface area (Å²) in [5.74, 6) is -2.60. The number of carbonyl (C=O) groups is 1. The maximum absolute atomic E-state index is 13.6. The lowest BCUT2D eigenvalue weighted by atomic mass is 10.1. The number of nitriles is 1. The van der Waals surface area contributed by atoms with Crippen molar-refractivity contribution >= 4 is 11.6 Å². The van der Waals surface area contributed by atoms with E-state index in [4.69, 9.17) is 5.26 Å². The van der Waals surface area contributed by atoms with Gasteiger partial charge in [0.2, 0.25) is 5.91 Å². The number of halogens is 2. The lowest BCUT2D eigenvalue weighted by Crippen LogP contribution is -2.39. The molecule has 1 unspecified atom stereocenters. The average molecular weight is 267 g/mol. The summed E-state index contributed by atoms with van der Waals surface area (Å²) in [4.78, 5) is 13.3. The molecule has 0 aliphatic carbocycles. The van der Waals surface area contributed by atoms with Crippen molar-refractivity contribution in [1.82, 2.24) is 4.90 Å². The van der Waals surface area contributed by atoms with Gasteiger partial charge in [-0.15, -0.1) is 0 Å². The molecule has 0 aliphatic heterocycles. The summed E-state index contributed by atoms with van der Waals surface area (Å²) in [6, 6.07) is 3.27. The van der Waals surface area contributed by atoms with E-state index in [0.717, 1.165) is 0 Å². The summed E-state index contributed by atoms with van der Waals surface area (Å²) in [5, 5.41) is 11.2. The molecule has 0 fully saturated rings. The molecule has 0 heterocycles. The van der Waals surface area contributed by atoms with Gasteiger partial charge in [0.05, 0.1) is 11.3 Å². The number of benzene rings is 1. The Hall–Kier alpha value is -2.16. The second-order valence-corrected chi connectivity index (χ2v) is 4.12. The summed E-state index contributed by atoms with van der Waals surface area (Å²) in [5.41, 5.74) is -0.505. The molecule has 0 radical (unpaired) electrons. The number of nitrogens with zero attached hydrogens (tertiary/aromatic N) is 2. The summed E-state index contributed by atoms with van der Waals surface area (Å²) in [6.45, 7) is 3.89. The Bertz CT molecular complexity index is 525. The first-order valence-electron chi connectivity index (χ1n) is 5.82. The van der Waals surface area contributed by atoms with Gasteiger partial charge in [0, 0.05) is 13.6 Å². The molecule has 102 valence electrons. The summed E-state index contributed by atoms with van der Waals surface area (Å²) < 4.78 is 27.0. The van der Waals surface area contributed by atoms with Crippen LogP contribution in [0.4, 0.5) is 14.5 Å². The van der Waals surface area contributed by atoms with E-state index in [1.54, 1.807) is 20.0 Å². The van der Waals surface area contributed by atoms with Crippen LogP contribution in [0.25, 0.3) is 0 Å². The van der Waals surface area contributed by atoms with Crippen molar-refractivity contribution in [3.8, 4) is 6.07 Å². The molecule has 0 saturated carbocycles. The molecule has 1 amide bonds. The van der Waals surface area contributed by atoms with Gasteiger partial charge >= 0.3 is 0 Å². The van der Waals surface area contributed by atoms with Gasteiger partial charge in [0.15, 0.2) is 11.6 Å². The third kappa shape index (κ3) is 3.19. The summed E-state index contributed by atoms with van der Waals surface area (Å²) in [7, 11) is 1.62. The number of hydrogen-bond donors (Lipinski definition) is 1. The molecule has 19 heavy (non-hydrogen) atoms. The number of likely N-dealkylation sites (N-methyl/N-ethyl adjacent to an activating group) is 1. The van der Waals surface area contributed by atoms with E-state index >= 15 is 0 Å². The van der Waals surface area contributed by atoms with Gasteiger partial charge in [-0.05, 0) is 26.0 Å². The predicted octanol–water partition coefficient (Wildman–Crippen LogP) is 2.12. The van der Waals surface area contributed by atoms with Gasteiger partial charge in [-0.1, -0.05) is 0 Å². The number of nitrogens with one attached hydrogen (secondary N) is 1. The van der Waals surface area contributed by atoms with Gasteiger partial charge in [0.25, 0.3) is 0 Å². The Morgan fingerprint density at radius 3 is 2.63 bits per heavy atom. The fraction of sp³-hybridized carbons (Fsp3) is 0.385. The van der Waals surface area contributed by atoms with E-state index in [2.05, 4.69) is 5.32 Å². The van der Waals surface area contributed by atoms with Gasteiger partial charge in [0.1, 0.15) is 12.1 Å². The highest BCUT2D eigenvalue weighted by molar-refractivity contribution is 5.84. The maximum atomic E-state index is 13.6. The standard InChI is InChI=1S/C13H15F2N3O/c1-4-18(3)13(19)8(2)17-10-6-5-9(7-16)11(14)12(10)15/h5-6,8,17H,4H2,1-3H3. The van der Waals surface area contributed by atoms with Crippen LogP contribution < -0.4 is 5.32 Å². The van der Waals surface area contributed by atoms with Gasteiger partial charge in [-0.2, -0.15) is 5.26 Å². The van der Waals surface area contributed by atoms with Gasteiger partial charge in [-0.25, -0.2) is 8.78 Å². The van der Waals surface area contributed by atoms with E-state index in [-0.39, 0.29) is 17.2 Å². The van der Waals surface area contributed by atoms with Crippen molar-refractivity contribution in [1.29, 1.82) is 5.26 Å². The number of anilines is 1. The molecular weight excluding hydrogens is 252 g/mol. The van der Waals surface area contributed by atoms with Crippen LogP contribution in [0.1, 0.15) is 19.4 Å². The van der Waals surface area contributed by atoms with Crippen molar-refractivity contribution in [2.45, 2.75) is 19.9 Å². The van der Waals surface area contributed by atoms with E-state index in [9.17, 15) is 13.6 Å². The Morgan fingerprint density at radius 1 is 1.47 bits per heavy atom.